The monoisotopic (exact) mass is 514 g/mol. The lowest BCUT2D eigenvalue weighted by Gasteiger charge is -2.06. The van der Waals surface area contributed by atoms with Crippen molar-refractivity contribution in [2.24, 2.45) is 0 Å². The maximum atomic E-state index is 4.45. The van der Waals surface area contributed by atoms with E-state index in [0.717, 1.165) is 30.7 Å². The topological polar surface area (TPSA) is 0 Å². The number of benzene rings is 5. The van der Waals surface area contributed by atoms with Gasteiger partial charge in [0.2, 0.25) is 0 Å². The SMILES string of the molecule is Sc1cccc(-c2ccccc2)c1S.Sc1cccc(-c2ccccc2)c1S.c1ccccc1. The van der Waals surface area contributed by atoms with E-state index in [1.165, 1.54) is 11.1 Å². The summed E-state index contributed by atoms with van der Waals surface area (Å²) < 4.78 is 0. The van der Waals surface area contributed by atoms with Crippen LogP contribution in [0.15, 0.2) is 153 Å². The van der Waals surface area contributed by atoms with Crippen LogP contribution in [0.3, 0.4) is 0 Å². The Labute approximate surface area is 224 Å². The van der Waals surface area contributed by atoms with Crippen molar-refractivity contribution in [3.8, 4) is 22.3 Å². The summed E-state index contributed by atoms with van der Waals surface area (Å²) in [4.78, 5) is 3.69. The molecule has 0 atom stereocenters. The third-order valence-corrected chi connectivity index (χ3v) is 6.93. The lowest BCUT2D eigenvalue weighted by molar-refractivity contribution is 1.27. The fourth-order valence-corrected chi connectivity index (χ4v) is 4.12. The maximum Gasteiger partial charge on any atom is 0.0253 e. The van der Waals surface area contributed by atoms with Gasteiger partial charge in [-0.25, -0.2) is 0 Å². The van der Waals surface area contributed by atoms with Crippen molar-refractivity contribution in [1.82, 2.24) is 0 Å². The highest BCUT2D eigenvalue weighted by Crippen LogP contribution is 2.31. The van der Waals surface area contributed by atoms with Crippen molar-refractivity contribution in [2.75, 3.05) is 0 Å². The van der Waals surface area contributed by atoms with Gasteiger partial charge in [-0.05, 0) is 34.4 Å². The predicted molar refractivity (Wildman–Crippen MR) is 159 cm³/mol. The molecule has 5 rings (SSSR count). The molecule has 34 heavy (non-hydrogen) atoms. The Morgan fingerprint density at radius 3 is 0.912 bits per heavy atom. The van der Waals surface area contributed by atoms with Crippen molar-refractivity contribution in [1.29, 1.82) is 0 Å². The van der Waals surface area contributed by atoms with Gasteiger partial charge in [0.25, 0.3) is 0 Å². The van der Waals surface area contributed by atoms with Gasteiger partial charge < -0.3 is 0 Å². The Bertz CT molecular complexity index is 1160. The van der Waals surface area contributed by atoms with Gasteiger partial charge in [0, 0.05) is 19.6 Å². The van der Waals surface area contributed by atoms with Crippen LogP contribution in [0.2, 0.25) is 0 Å². The lowest BCUT2D eigenvalue weighted by atomic mass is 10.1. The molecule has 0 amide bonds. The van der Waals surface area contributed by atoms with Crippen molar-refractivity contribution in [3.05, 3.63) is 133 Å². The second-order valence-corrected chi connectivity index (χ2v) is 9.09. The standard InChI is InChI=1S/2C12H10S2.C6H6/c2*13-11-8-4-7-10(12(11)14)9-5-2-1-3-6-9;1-2-4-6-5-3-1/h2*1-8,13-14H;1-6H. The van der Waals surface area contributed by atoms with Crippen LogP contribution in [-0.2, 0) is 0 Å². The Hall–Kier alpha value is -2.50. The Morgan fingerprint density at radius 1 is 0.294 bits per heavy atom. The van der Waals surface area contributed by atoms with Gasteiger partial charge in [0.05, 0.1) is 0 Å². The molecule has 4 heteroatoms. The Kier molecular flexibility index (Phi) is 10.8. The average molecular weight is 515 g/mol. The molecule has 0 N–H and O–H groups in total. The summed E-state index contributed by atoms with van der Waals surface area (Å²) in [6.45, 7) is 0. The molecule has 0 aromatic heterocycles. The zero-order chi connectivity index (χ0) is 24.2. The van der Waals surface area contributed by atoms with E-state index in [2.05, 4.69) is 86.9 Å². The average Bonchev–Trinajstić information content (AvgIpc) is 2.90. The summed E-state index contributed by atoms with van der Waals surface area (Å²) in [5.41, 5.74) is 4.60. The van der Waals surface area contributed by atoms with Crippen LogP contribution in [0, 0.1) is 0 Å². The molecule has 5 aromatic carbocycles. The molecular formula is C30H26S4. The second kappa shape index (κ2) is 14.0. The molecule has 170 valence electrons. The molecule has 0 unspecified atom stereocenters. The molecule has 0 fully saturated rings. The minimum Gasteiger partial charge on any atom is -0.142 e. The molecule has 0 nitrogen and oxygen atoms in total. The van der Waals surface area contributed by atoms with Crippen LogP contribution in [-0.4, -0.2) is 0 Å². The van der Waals surface area contributed by atoms with E-state index in [-0.39, 0.29) is 0 Å². The fourth-order valence-electron chi connectivity index (χ4n) is 3.15. The van der Waals surface area contributed by atoms with E-state index < -0.39 is 0 Å². The largest absolute Gasteiger partial charge is 0.142 e. The van der Waals surface area contributed by atoms with Crippen molar-refractivity contribution < 1.29 is 0 Å². The number of hydrogen-bond donors (Lipinski definition) is 4. The van der Waals surface area contributed by atoms with Gasteiger partial charge in [-0.15, -0.1) is 50.5 Å². The molecule has 0 bridgehead atoms. The van der Waals surface area contributed by atoms with Crippen molar-refractivity contribution in [3.63, 3.8) is 0 Å². The van der Waals surface area contributed by atoms with Gasteiger partial charge in [0.1, 0.15) is 0 Å². The summed E-state index contributed by atoms with van der Waals surface area (Å²) in [6.07, 6.45) is 0. The van der Waals surface area contributed by atoms with E-state index in [9.17, 15) is 0 Å². The summed E-state index contributed by atoms with van der Waals surface area (Å²) in [7, 11) is 0. The first-order valence-corrected chi connectivity index (χ1v) is 12.5. The Balaban J connectivity index is 0.000000154. The van der Waals surface area contributed by atoms with Gasteiger partial charge in [-0.3, -0.25) is 0 Å². The summed E-state index contributed by atoms with van der Waals surface area (Å²) >= 11 is 17.6. The Morgan fingerprint density at radius 2 is 0.588 bits per heavy atom. The van der Waals surface area contributed by atoms with E-state index in [4.69, 9.17) is 0 Å². The quantitative estimate of drug-likeness (QED) is 0.166. The van der Waals surface area contributed by atoms with Crippen molar-refractivity contribution >= 4 is 50.5 Å². The van der Waals surface area contributed by atoms with Crippen LogP contribution < -0.4 is 0 Å². The summed E-state index contributed by atoms with van der Waals surface area (Å²) in [5, 5.41) is 0. The molecule has 0 aliphatic rings. The smallest absolute Gasteiger partial charge is 0.0253 e. The van der Waals surface area contributed by atoms with Gasteiger partial charge in [0.15, 0.2) is 0 Å². The van der Waals surface area contributed by atoms with E-state index >= 15 is 0 Å². The highest BCUT2D eigenvalue weighted by molar-refractivity contribution is 7.84. The fraction of sp³-hybridized carbons (Fsp3) is 0. The van der Waals surface area contributed by atoms with Crippen LogP contribution in [0.5, 0.6) is 0 Å². The highest BCUT2D eigenvalue weighted by atomic mass is 32.1. The third-order valence-electron chi connectivity index (χ3n) is 4.87. The van der Waals surface area contributed by atoms with E-state index in [0.29, 0.717) is 0 Å². The van der Waals surface area contributed by atoms with Crippen LogP contribution in [0.25, 0.3) is 22.3 Å². The minimum absolute atomic E-state index is 0.912. The maximum absolute atomic E-state index is 4.45. The number of hydrogen-bond acceptors (Lipinski definition) is 4. The highest BCUT2D eigenvalue weighted by Gasteiger charge is 2.04. The summed E-state index contributed by atoms with van der Waals surface area (Å²) in [5.74, 6) is 0. The third kappa shape index (κ3) is 7.78. The number of thiol groups is 4. The number of rotatable bonds is 2. The predicted octanol–water partition coefficient (Wildman–Crippen LogP) is 9.55. The van der Waals surface area contributed by atoms with Crippen LogP contribution in [0.1, 0.15) is 0 Å². The minimum atomic E-state index is 0.912. The molecule has 0 spiro atoms. The molecule has 0 heterocycles. The zero-order valence-corrected chi connectivity index (χ0v) is 22.1. The molecule has 0 saturated heterocycles. The second-order valence-electron chi connectivity index (χ2n) is 7.23. The van der Waals surface area contributed by atoms with Crippen molar-refractivity contribution in [2.45, 2.75) is 19.6 Å². The zero-order valence-electron chi connectivity index (χ0n) is 18.5. The molecule has 5 aromatic rings. The summed E-state index contributed by atoms with van der Waals surface area (Å²) in [6, 6.07) is 44.4. The molecule has 0 aliphatic heterocycles. The first kappa shape index (κ1) is 26.1. The van der Waals surface area contributed by atoms with Gasteiger partial charge in [-0.1, -0.05) is 121 Å². The van der Waals surface area contributed by atoms with Crippen LogP contribution >= 0.6 is 50.5 Å². The van der Waals surface area contributed by atoms with E-state index in [1.54, 1.807) is 0 Å². The lowest BCUT2D eigenvalue weighted by Crippen LogP contribution is -1.80. The van der Waals surface area contributed by atoms with E-state index in [1.807, 2.05) is 97.1 Å². The first-order chi connectivity index (χ1) is 16.6. The first-order valence-electron chi connectivity index (χ1n) is 10.7. The molecule has 0 saturated carbocycles. The molecular weight excluding hydrogens is 489 g/mol. The molecule has 0 radical (unpaired) electrons. The molecule has 0 aliphatic carbocycles. The van der Waals surface area contributed by atoms with Gasteiger partial charge >= 0.3 is 0 Å². The normalized spacial score (nSPS) is 9.76. The van der Waals surface area contributed by atoms with Crippen LogP contribution in [0.4, 0.5) is 0 Å². The van der Waals surface area contributed by atoms with Gasteiger partial charge in [-0.2, -0.15) is 0 Å².